The first-order valence-electron chi connectivity index (χ1n) is 8.13. The minimum absolute atomic E-state index is 0.0298. The lowest BCUT2D eigenvalue weighted by atomic mass is 10.0. The number of halogens is 1. The molecule has 5 heteroatoms. The maximum atomic E-state index is 12.0. The van der Waals surface area contributed by atoms with Gasteiger partial charge in [0.05, 0.1) is 0 Å². The fourth-order valence-electron chi connectivity index (χ4n) is 2.73. The molecule has 2 rings (SSSR count). The van der Waals surface area contributed by atoms with Gasteiger partial charge in [-0.2, -0.15) is 0 Å². The van der Waals surface area contributed by atoms with Crippen LogP contribution in [0.15, 0.2) is 30.3 Å². The van der Waals surface area contributed by atoms with Crippen molar-refractivity contribution in [3.8, 4) is 0 Å². The Labute approximate surface area is 143 Å². The van der Waals surface area contributed by atoms with Gasteiger partial charge in [0.1, 0.15) is 0 Å². The highest BCUT2D eigenvalue weighted by Crippen LogP contribution is 2.12. The van der Waals surface area contributed by atoms with Crippen LogP contribution in [0, 0.1) is 0 Å². The zero-order valence-corrected chi connectivity index (χ0v) is 14.4. The molecule has 0 saturated carbocycles. The molecule has 4 nitrogen and oxygen atoms in total. The molecule has 0 aliphatic carbocycles. The molecule has 1 amide bonds. The summed E-state index contributed by atoms with van der Waals surface area (Å²) in [5, 5.41) is 3.78. The van der Waals surface area contributed by atoms with E-state index in [2.05, 4.69) is 10.2 Å². The molecule has 0 unspecified atom stereocenters. The second kappa shape index (κ2) is 9.71. The summed E-state index contributed by atoms with van der Waals surface area (Å²) in [5.41, 5.74) is 0.970. The molecule has 1 fully saturated rings. The molecule has 1 aromatic rings. The lowest BCUT2D eigenvalue weighted by Crippen LogP contribution is -2.44. The number of hydrogen-bond acceptors (Lipinski definition) is 3. The molecule has 23 heavy (non-hydrogen) atoms. The average molecular weight is 337 g/mol. The van der Waals surface area contributed by atoms with E-state index in [1.807, 2.05) is 30.3 Å². The first-order valence-corrected chi connectivity index (χ1v) is 8.50. The van der Waals surface area contributed by atoms with E-state index in [0.29, 0.717) is 5.02 Å². The van der Waals surface area contributed by atoms with Crippen LogP contribution in [0.4, 0.5) is 0 Å². The summed E-state index contributed by atoms with van der Waals surface area (Å²) in [5.74, 6) is -0.0298. The van der Waals surface area contributed by atoms with Crippen molar-refractivity contribution < 1.29 is 9.53 Å². The number of nitrogens with zero attached hydrogens (tertiary/aromatic N) is 1. The number of benzene rings is 1. The summed E-state index contributed by atoms with van der Waals surface area (Å²) in [4.78, 5) is 14.4. The van der Waals surface area contributed by atoms with Gasteiger partial charge in [-0.1, -0.05) is 23.7 Å². The van der Waals surface area contributed by atoms with Crippen molar-refractivity contribution in [2.75, 3.05) is 33.4 Å². The molecule has 126 valence electrons. The molecule has 0 bridgehead atoms. The predicted octanol–water partition coefficient (Wildman–Crippen LogP) is 2.97. The molecular weight excluding hydrogens is 312 g/mol. The number of nitrogens with one attached hydrogen (secondary N) is 1. The second-order valence-electron chi connectivity index (χ2n) is 5.86. The van der Waals surface area contributed by atoms with Crippen LogP contribution < -0.4 is 5.32 Å². The number of rotatable bonds is 7. The Hall–Kier alpha value is -1.36. The van der Waals surface area contributed by atoms with Gasteiger partial charge in [-0.15, -0.1) is 0 Å². The van der Waals surface area contributed by atoms with Gasteiger partial charge in [-0.05, 0) is 43.0 Å². The van der Waals surface area contributed by atoms with E-state index >= 15 is 0 Å². The van der Waals surface area contributed by atoms with Crippen LogP contribution in [0.5, 0.6) is 0 Å². The molecule has 0 radical (unpaired) electrons. The number of ether oxygens (including phenoxy) is 1. The molecule has 1 aromatic carbocycles. The molecule has 0 atom stereocenters. The highest BCUT2D eigenvalue weighted by Gasteiger charge is 2.19. The third-order valence-electron chi connectivity index (χ3n) is 4.05. The minimum atomic E-state index is -0.0298. The van der Waals surface area contributed by atoms with Gasteiger partial charge in [0.25, 0.3) is 0 Å². The molecule has 0 spiro atoms. The Morgan fingerprint density at radius 2 is 2.04 bits per heavy atom. The number of carbonyl (C=O) groups is 1. The fourth-order valence-corrected chi connectivity index (χ4v) is 2.85. The van der Waals surface area contributed by atoms with E-state index in [9.17, 15) is 4.79 Å². The van der Waals surface area contributed by atoms with E-state index < -0.39 is 0 Å². The van der Waals surface area contributed by atoms with Crippen LogP contribution in [0.1, 0.15) is 24.8 Å². The summed E-state index contributed by atoms with van der Waals surface area (Å²) in [6.07, 6.45) is 6.48. The quantitative estimate of drug-likeness (QED) is 0.615. The first-order chi connectivity index (χ1) is 11.2. The van der Waals surface area contributed by atoms with Crippen molar-refractivity contribution in [3.63, 3.8) is 0 Å². The number of carbonyl (C=O) groups excluding carboxylic acids is 1. The average Bonchev–Trinajstić information content (AvgIpc) is 2.56. The molecule has 1 aliphatic rings. The topological polar surface area (TPSA) is 41.6 Å². The van der Waals surface area contributed by atoms with Gasteiger partial charge in [0, 0.05) is 50.5 Å². The maximum Gasteiger partial charge on any atom is 0.244 e. The Morgan fingerprint density at radius 3 is 2.70 bits per heavy atom. The monoisotopic (exact) mass is 336 g/mol. The normalized spacial score (nSPS) is 16.8. The van der Waals surface area contributed by atoms with E-state index in [4.69, 9.17) is 16.3 Å². The standard InChI is InChI=1S/C18H25ClN2O2/c1-23-14-2-11-21-12-9-17(10-13-21)20-18(22)8-5-15-3-6-16(19)7-4-15/h3-8,17H,2,9-14H2,1H3,(H,20,22)/b8-5+. The molecule has 1 heterocycles. The van der Waals surface area contributed by atoms with Crippen molar-refractivity contribution in [1.29, 1.82) is 0 Å². The molecule has 1 saturated heterocycles. The lowest BCUT2D eigenvalue weighted by Gasteiger charge is -2.32. The number of likely N-dealkylation sites (tertiary alicyclic amines) is 1. The SMILES string of the molecule is COCCCN1CCC(NC(=O)/C=C/c2ccc(Cl)cc2)CC1. The van der Waals surface area contributed by atoms with Crippen LogP contribution >= 0.6 is 11.6 Å². The van der Waals surface area contributed by atoms with E-state index in [1.165, 1.54) is 0 Å². The Bertz CT molecular complexity index is 508. The molecule has 1 aliphatic heterocycles. The van der Waals surface area contributed by atoms with Crippen molar-refractivity contribution >= 4 is 23.6 Å². The predicted molar refractivity (Wildman–Crippen MR) is 94.6 cm³/mol. The number of hydrogen-bond donors (Lipinski definition) is 1. The van der Waals surface area contributed by atoms with Crippen LogP contribution in [0.2, 0.25) is 5.02 Å². The Balaban J connectivity index is 1.69. The fraction of sp³-hybridized carbons (Fsp3) is 0.500. The van der Waals surface area contributed by atoms with E-state index in [0.717, 1.165) is 51.1 Å². The third kappa shape index (κ3) is 6.73. The first kappa shape index (κ1) is 18.0. The van der Waals surface area contributed by atoms with Gasteiger partial charge in [-0.3, -0.25) is 4.79 Å². The zero-order chi connectivity index (χ0) is 16.5. The van der Waals surface area contributed by atoms with Crippen LogP contribution in [0.3, 0.4) is 0 Å². The number of piperidine rings is 1. The minimum Gasteiger partial charge on any atom is -0.385 e. The van der Waals surface area contributed by atoms with Crippen LogP contribution in [0.25, 0.3) is 6.08 Å². The molecule has 0 aromatic heterocycles. The number of amides is 1. The summed E-state index contributed by atoms with van der Waals surface area (Å²) in [7, 11) is 1.74. The van der Waals surface area contributed by atoms with Gasteiger partial charge in [-0.25, -0.2) is 0 Å². The third-order valence-corrected chi connectivity index (χ3v) is 4.31. The second-order valence-corrected chi connectivity index (χ2v) is 6.29. The van der Waals surface area contributed by atoms with E-state index in [1.54, 1.807) is 13.2 Å². The van der Waals surface area contributed by atoms with Gasteiger partial charge >= 0.3 is 0 Å². The summed E-state index contributed by atoms with van der Waals surface area (Å²) in [6, 6.07) is 7.70. The molecular formula is C18H25ClN2O2. The molecule has 1 N–H and O–H groups in total. The van der Waals surface area contributed by atoms with Crippen molar-refractivity contribution in [1.82, 2.24) is 10.2 Å². The Kier molecular flexibility index (Phi) is 7.59. The van der Waals surface area contributed by atoms with Crippen molar-refractivity contribution in [2.24, 2.45) is 0 Å². The van der Waals surface area contributed by atoms with Gasteiger partial charge < -0.3 is 15.0 Å². The van der Waals surface area contributed by atoms with Gasteiger partial charge in [0.2, 0.25) is 5.91 Å². The number of methoxy groups -OCH3 is 1. The van der Waals surface area contributed by atoms with Crippen LogP contribution in [-0.2, 0) is 9.53 Å². The summed E-state index contributed by atoms with van der Waals surface area (Å²) in [6.45, 7) is 3.96. The summed E-state index contributed by atoms with van der Waals surface area (Å²) < 4.78 is 5.08. The zero-order valence-electron chi connectivity index (χ0n) is 13.6. The smallest absolute Gasteiger partial charge is 0.244 e. The highest BCUT2D eigenvalue weighted by molar-refractivity contribution is 6.30. The van der Waals surface area contributed by atoms with Crippen LogP contribution in [-0.4, -0.2) is 50.2 Å². The Morgan fingerprint density at radius 1 is 1.35 bits per heavy atom. The highest BCUT2D eigenvalue weighted by atomic mass is 35.5. The maximum absolute atomic E-state index is 12.0. The van der Waals surface area contributed by atoms with Crippen molar-refractivity contribution in [3.05, 3.63) is 40.9 Å². The lowest BCUT2D eigenvalue weighted by molar-refractivity contribution is -0.117. The largest absolute Gasteiger partial charge is 0.385 e. The van der Waals surface area contributed by atoms with E-state index in [-0.39, 0.29) is 11.9 Å². The van der Waals surface area contributed by atoms with Crippen molar-refractivity contribution in [2.45, 2.75) is 25.3 Å². The summed E-state index contributed by atoms with van der Waals surface area (Å²) >= 11 is 5.84. The van der Waals surface area contributed by atoms with Gasteiger partial charge in [0.15, 0.2) is 0 Å².